The summed E-state index contributed by atoms with van der Waals surface area (Å²) in [5.74, 6) is -0.327. The quantitative estimate of drug-likeness (QED) is 0.779. The Kier molecular flexibility index (Phi) is 3.05. The predicted molar refractivity (Wildman–Crippen MR) is 72.3 cm³/mol. The maximum atomic E-state index is 11.6. The van der Waals surface area contributed by atoms with Gasteiger partial charge in [0.2, 0.25) is 0 Å². The van der Waals surface area contributed by atoms with Crippen molar-refractivity contribution >= 4 is 21.4 Å². The molecule has 0 saturated carbocycles. The number of esters is 1. The highest BCUT2D eigenvalue weighted by Crippen LogP contribution is 2.39. The molecule has 1 heterocycles. The summed E-state index contributed by atoms with van der Waals surface area (Å²) < 4.78 is 28.1. The summed E-state index contributed by atoms with van der Waals surface area (Å²) in [6.45, 7) is 5.36. The van der Waals surface area contributed by atoms with Gasteiger partial charge < -0.3 is 4.74 Å². The van der Waals surface area contributed by atoms with Crippen LogP contribution in [0.3, 0.4) is 0 Å². The van der Waals surface area contributed by atoms with Crippen LogP contribution in [0.2, 0.25) is 0 Å². The maximum absolute atomic E-state index is 11.6. The summed E-state index contributed by atoms with van der Waals surface area (Å²) in [4.78, 5) is 11.9. The van der Waals surface area contributed by atoms with E-state index in [1.807, 2.05) is 13.8 Å². The third-order valence-corrected chi connectivity index (χ3v) is 4.33. The van der Waals surface area contributed by atoms with Gasteiger partial charge in [-0.1, -0.05) is 12.1 Å². The van der Waals surface area contributed by atoms with E-state index < -0.39 is 15.4 Å². The van der Waals surface area contributed by atoms with Crippen LogP contribution in [0.25, 0.3) is 5.57 Å². The Morgan fingerprint density at radius 1 is 1.11 bits per heavy atom. The highest BCUT2D eigenvalue weighted by molar-refractivity contribution is 7.90. The van der Waals surface area contributed by atoms with Crippen LogP contribution in [0.4, 0.5) is 0 Å². The zero-order valence-electron chi connectivity index (χ0n) is 11.4. The monoisotopic (exact) mass is 280 g/mol. The summed E-state index contributed by atoms with van der Waals surface area (Å²) >= 11 is 0. The molecule has 1 aliphatic heterocycles. The fourth-order valence-electron chi connectivity index (χ4n) is 2.35. The van der Waals surface area contributed by atoms with Crippen molar-refractivity contribution in [3.8, 4) is 0 Å². The lowest BCUT2D eigenvalue weighted by Gasteiger charge is -2.21. The van der Waals surface area contributed by atoms with E-state index in [1.165, 1.54) is 6.26 Å². The minimum Gasteiger partial charge on any atom is -0.451 e. The number of hydrogen-bond donors (Lipinski definition) is 0. The number of sulfone groups is 1. The first kappa shape index (κ1) is 13.8. The highest BCUT2D eigenvalue weighted by Gasteiger charge is 2.38. The lowest BCUT2D eigenvalue weighted by Crippen LogP contribution is -2.22. The average Bonchev–Trinajstić information content (AvgIpc) is 2.47. The van der Waals surface area contributed by atoms with E-state index in [2.05, 4.69) is 0 Å². The molecule has 2 rings (SSSR count). The molecular formula is C14H16O4S. The van der Waals surface area contributed by atoms with Crippen LogP contribution >= 0.6 is 0 Å². The van der Waals surface area contributed by atoms with Gasteiger partial charge >= 0.3 is 5.97 Å². The van der Waals surface area contributed by atoms with Crippen molar-refractivity contribution in [2.24, 2.45) is 0 Å². The van der Waals surface area contributed by atoms with Gasteiger partial charge in [-0.15, -0.1) is 0 Å². The number of cyclic esters (lactones) is 1. The van der Waals surface area contributed by atoms with Crippen molar-refractivity contribution in [1.82, 2.24) is 0 Å². The largest absolute Gasteiger partial charge is 0.451 e. The van der Waals surface area contributed by atoms with Gasteiger partial charge in [-0.3, -0.25) is 0 Å². The van der Waals surface area contributed by atoms with Gasteiger partial charge in [0.25, 0.3) is 0 Å². The molecule has 102 valence electrons. The van der Waals surface area contributed by atoms with Crippen molar-refractivity contribution in [3.05, 3.63) is 35.4 Å². The van der Waals surface area contributed by atoms with Crippen LogP contribution in [0, 0.1) is 0 Å². The zero-order chi connectivity index (χ0) is 14.4. The summed E-state index contributed by atoms with van der Waals surface area (Å²) in [6.07, 6.45) is 1.17. The van der Waals surface area contributed by atoms with E-state index in [0.29, 0.717) is 5.57 Å². The minimum atomic E-state index is -3.21. The molecule has 0 saturated heterocycles. The Balaban J connectivity index is 2.52. The Bertz CT molecular complexity index is 664. The van der Waals surface area contributed by atoms with Gasteiger partial charge in [0.05, 0.1) is 4.90 Å². The molecule has 0 radical (unpaired) electrons. The molecule has 4 nitrogen and oxygen atoms in total. The zero-order valence-corrected chi connectivity index (χ0v) is 12.2. The maximum Gasteiger partial charge on any atom is 0.335 e. The van der Waals surface area contributed by atoms with Crippen LogP contribution in [-0.4, -0.2) is 26.2 Å². The summed E-state index contributed by atoms with van der Waals surface area (Å²) in [7, 11) is -3.21. The second-order valence-electron chi connectivity index (χ2n) is 5.20. The summed E-state index contributed by atoms with van der Waals surface area (Å²) in [6, 6.07) is 6.51. The van der Waals surface area contributed by atoms with Crippen LogP contribution < -0.4 is 0 Å². The molecule has 0 spiro atoms. The summed E-state index contributed by atoms with van der Waals surface area (Å²) in [5, 5.41) is 0. The molecule has 0 aliphatic carbocycles. The van der Waals surface area contributed by atoms with E-state index in [0.717, 1.165) is 11.1 Å². The van der Waals surface area contributed by atoms with Gasteiger partial charge in [0.15, 0.2) is 9.84 Å². The number of carbonyl (C=O) groups is 1. The molecule has 0 amide bonds. The fourth-order valence-corrected chi connectivity index (χ4v) is 2.98. The predicted octanol–water partition coefficient (Wildman–Crippen LogP) is 2.20. The first-order valence-corrected chi connectivity index (χ1v) is 7.77. The molecule has 5 heteroatoms. The SMILES string of the molecule is CC1=C(c2ccc(S(C)(=O)=O)cc2)C(C)(C)OC1=O. The second kappa shape index (κ2) is 4.20. The number of carbonyl (C=O) groups excluding carboxylic acids is 1. The standard InChI is InChI=1S/C14H16O4S/c1-9-12(14(2,3)18-13(9)15)10-5-7-11(8-6-10)19(4,16)17/h5-8H,1-4H3. The molecule has 1 aliphatic rings. The van der Waals surface area contributed by atoms with E-state index in [9.17, 15) is 13.2 Å². The molecule has 0 aromatic heterocycles. The Labute approximate surface area is 113 Å². The van der Waals surface area contributed by atoms with Crippen molar-refractivity contribution < 1.29 is 17.9 Å². The minimum absolute atomic E-state index is 0.262. The average molecular weight is 280 g/mol. The number of hydrogen-bond acceptors (Lipinski definition) is 4. The van der Waals surface area contributed by atoms with Gasteiger partial charge in [-0.25, -0.2) is 13.2 Å². The lowest BCUT2D eigenvalue weighted by molar-refractivity contribution is -0.143. The normalized spacial score (nSPS) is 18.6. The highest BCUT2D eigenvalue weighted by atomic mass is 32.2. The third kappa shape index (κ3) is 2.42. The van der Waals surface area contributed by atoms with Crippen LogP contribution in [0.1, 0.15) is 26.3 Å². The van der Waals surface area contributed by atoms with Gasteiger partial charge in [-0.05, 0) is 38.5 Å². The van der Waals surface area contributed by atoms with Crippen LogP contribution in [-0.2, 0) is 19.4 Å². The van der Waals surface area contributed by atoms with Gasteiger partial charge in [-0.2, -0.15) is 0 Å². The lowest BCUT2D eigenvalue weighted by atomic mass is 9.90. The molecule has 0 bridgehead atoms. The molecular weight excluding hydrogens is 264 g/mol. The van der Waals surface area contributed by atoms with E-state index in [1.54, 1.807) is 31.2 Å². The Morgan fingerprint density at radius 3 is 2.00 bits per heavy atom. The first-order chi connectivity index (χ1) is 8.63. The molecule has 0 N–H and O–H groups in total. The summed E-state index contributed by atoms with van der Waals surface area (Å²) in [5.41, 5.74) is 1.49. The number of benzene rings is 1. The first-order valence-electron chi connectivity index (χ1n) is 5.88. The number of rotatable bonds is 2. The molecule has 0 fully saturated rings. The molecule has 0 unspecified atom stereocenters. The molecule has 1 aromatic rings. The van der Waals surface area contributed by atoms with E-state index >= 15 is 0 Å². The van der Waals surface area contributed by atoms with Crippen molar-refractivity contribution in [2.75, 3.05) is 6.26 Å². The van der Waals surface area contributed by atoms with Crippen LogP contribution in [0.5, 0.6) is 0 Å². The van der Waals surface area contributed by atoms with E-state index in [4.69, 9.17) is 4.74 Å². The Morgan fingerprint density at radius 2 is 1.63 bits per heavy atom. The smallest absolute Gasteiger partial charge is 0.335 e. The molecule has 0 atom stereocenters. The van der Waals surface area contributed by atoms with E-state index in [-0.39, 0.29) is 10.9 Å². The number of ether oxygens (including phenoxy) is 1. The van der Waals surface area contributed by atoms with Crippen LogP contribution in [0.15, 0.2) is 34.7 Å². The topological polar surface area (TPSA) is 60.4 Å². The van der Waals surface area contributed by atoms with Crippen molar-refractivity contribution in [2.45, 2.75) is 31.3 Å². The van der Waals surface area contributed by atoms with Gasteiger partial charge in [0.1, 0.15) is 5.60 Å². The Hall–Kier alpha value is -1.62. The van der Waals surface area contributed by atoms with Gasteiger partial charge in [0, 0.05) is 17.4 Å². The molecule has 1 aromatic carbocycles. The third-order valence-electron chi connectivity index (χ3n) is 3.20. The fraction of sp³-hybridized carbons (Fsp3) is 0.357. The second-order valence-corrected chi connectivity index (χ2v) is 7.21. The van der Waals surface area contributed by atoms with Crippen molar-refractivity contribution in [1.29, 1.82) is 0 Å². The van der Waals surface area contributed by atoms with Crippen molar-refractivity contribution in [3.63, 3.8) is 0 Å². The molecule has 19 heavy (non-hydrogen) atoms.